The summed E-state index contributed by atoms with van der Waals surface area (Å²) in [5, 5.41) is 38.2. The van der Waals surface area contributed by atoms with Crippen molar-refractivity contribution in [2.45, 2.75) is 82.3 Å². The predicted molar refractivity (Wildman–Crippen MR) is 245 cm³/mol. The number of hydrogen-bond donors (Lipinski definition) is 5. The molecule has 0 saturated carbocycles. The van der Waals surface area contributed by atoms with Crippen molar-refractivity contribution in [1.82, 2.24) is 29.4 Å². The molecule has 0 radical (unpaired) electrons. The molecule has 2 aromatic heterocycles. The van der Waals surface area contributed by atoms with Crippen LogP contribution in [0.25, 0.3) is 44.6 Å². The lowest BCUT2D eigenvalue weighted by atomic mass is 9.89. The van der Waals surface area contributed by atoms with Crippen LogP contribution in [0, 0.1) is 0 Å². The van der Waals surface area contributed by atoms with E-state index in [9.17, 15) is 39.2 Å². The van der Waals surface area contributed by atoms with Crippen molar-refractivity contribution in [2.24, 2.45) is 0 Å². The summed E-state index contributed by atoms with van der Waals surface area (Å²) in [4.78, 5) is 62.4. The molecule has 7 rings (SSSR count). The number of carboxylic acid groups (broad SMARTS) is 1. The molecule has 1 saturated heterocycles. The third kappa shape index (κ3) is 11.3. The third-order valence-electron chi connectivity index (χ3n) is 11.7. The van der Waals surface area contributed by atoms with Crippen molar-refractivity contribution in [3.8, 4) is 22.5 Å². The number of nitrogen functional groups attached to an aromatic ring is 1. The number of imidazole rings is 1. The average Bonchev–Trinajstić information content (AvgIpc) is 3.85. The van der Waals surface area contributed by atoms with Crippen molar-refractivity contribution >= 4 is 59.3 Å². The number of nitrogens with two attached hydrogens (primary N) is 1. The zero-order valence-corrected chi connectivity index (χ0v) is 38.6. The first kappa shape index (κ1) is 48.6. The van der Waals surface area contributed by atoms with Gasteiger partial charge in [0.2, 0.25) is 5.36 Å². The molecule has 1 aliphatic carbocycles. The molecule has 6 N–H and O–H groups in total. The number of phosphoric acid groups is 1. The molecule has 5 atom stereocenters. The Morgan fingerprint density at radius 2 is 1.66 bits per heavy atom. The highest BCUT2D eigenvalue weighted by Gasteiger charge is 2.45. The Morgan fingerprint density at radius 1 is 0.925 bits per heavy atom. The van der Waals surface area contributed by atoms with Gasteiger partial charge in [-0.25, -0.2) is 24.1 Å². The first-order valence-electron chi connectivity index (χ1n) is 22.0. The number of fused-ring (bicyclic) bond motifs is 3. The number of unbranched alkanes of at least 4 members (excludes halogenated alkanes) is 7. The second-order valence-electron chi connectivity index (χ2n) is 16.9. The highest BCUT2D eigenvalue weighted by molar-refractivity contribution is 7.48. The van der Waals surface area contributed by atoms with Gasteiger partial charge < -0.3 is 49.7 Å². The van der Waals surface area contributed by atoms with E-state index in [0.29, 0.717) is 58.4 Å². The Kier molecular flexibility index (Phi) is 15.3. The number of rotatable bonds is 20. The van der Waals surface area contributed by atoms with Gasteiger partial charge in [0.05, 0.1) is 25.0 Å². The molecule has 1 fully saturated rings. The van der Waals surface area contributed by atoms with Gasteiger partial charge in [0, 0.05) is 72.5 Å². The molecule has 3 aliphatic rings. The Labute approximate surface area is 385 Å². The lowest BCUT2D eigenvalue weighted by Gasteiger charge is -2.20. The summed E-state index contributed by atoms with van der Waals surface area (Å²) in [6.07, 6.45) is 3.35. The standard InChI is InChI=1S/C46H55N8O12P/c1-52(2)28-15-18-31-34(22-28)64-35-23-29(53(3)4)16-19-32(35)38(31)33-21-27(14-17-30(33)46(59)60)44(58)48-20-12-10-8-6-5-7-9-11-13-37(55)66-67(61,62)63-24-36-40(56)41(57)45(65-36)54-26-51-39-42(47)49-25-50-43(39)54/h14-19,21-23,25-26,36,40-41,45,56-57H,5-13,20,24H2,1-4H3,(H4-,47,48,49,50,58,59,60,61,62)/t36-,40?,41+,45-/m1/s1. The number of ether oxygens (including phenoxy) is 1. The van der Waals surface area contributed by atoms with E-state index < -0.39 is 50.9 Å². The van der Waals surface area contributed by atoms with Gasteiger partial charge in [0.15, 0.2) is 17.7 Å². The summed E-state index contributed by atoms with van der Waals surface area (Å²) < 4.78 is 37.5. The molecule has 0 bridgehead atoms. The van der Waals surface area contributed by atoms with E-state index in [1.807, 2.05) is 74.1 Å². The minimum absolute atomic E-state index is 0.0463. The lowest BCUT2D eigenvalue weighted by molar-refractivity contribution is -0.255. The summed E-state index contributed by atoms with van der Waals surface area (Å²) in [5.74, 6) is -1.94. The number of carbonyl (C=O) groups excluding carboxylic acids is 3. The normalized spacial score (nSPS) is 18.0. The van der Waals surface area contributed by atoms with Crippen LogP contribution in [0.15, 0.2) is 71.7 Å². The summed E-state index contributed by atoms with van der Waals surface area (Å²) in [5.41, 5.74) is 9.71. The molecule has 2 aromatic carbocycles. The minimum atomic E-state index is -4.86. The van der Waals surface area contributed by atoms with Crippen LogP contribution in [-0.4, -0.2) is 112 Å². The number of benzene rings is 3. The fourth-order valence-corrected chi connectivity index (χ4v) is 8.80. The van der Waals surface area contributed by atoms with Crippen LogP contribution in [0.2, 0.25) is 0 Å². The second kappa shape index (κ2) is 21.1. The number of aromatic carboxylic acids is 1. The van der Waals surface area contributed by atoms with E-state index in [2.05, 4.69) is 20.3 Å². The summed E-state index contributed by atoms with van der Waals surface area (Å²) >= 11 is 0. The quantitative estimate of drug-likeness (QED) is 0.0316. The molecule has 0 spiro atoms. The number of carbonyl (C=O) groups is 3. The zero-order valence-electron chi connectivity index (χ0n) is 37.7. The molecule has 4 heterocycles. The number of hydrogen-bond acceptors (Lipinski definition) is 16. The van der Waals surface area contributed by atoms with Gasteiger partial charge in [0.25, 0.3) is 5.91 Å². The second-order valence-corrected chi connectivity index (χ2v) is 18.2. The number of nitrogens with zero attached hydrogens (tertiary/aromatic N) is 6. The molecule has 356 valence electrons. The fraction of sp³-hybridized carbons (Fsp3) is 0.413. The molecular formula is C46H55N8O12P. The molecule has 4 aromatic rings. The Bertz CT molecular complexity index is 2860. The van der Waals surface area contributed by atoms with Crippen molar-refractivity contribution in [3.05, 3.63) is 83.7 Å². The van der Waals surface area contributed by atoms with Gasteiger partial charge in [-0.1, -0.05) is 44.6 Å². The Hall–Kier alpha value is -6.28. The van der Waals surface area contributed by atoms with Crippen LogP contribution in [0.4, 0.5) is 11.5 Å². The number of anilines is 2. The highest BCUT2D eigenvalue weighted by atomic mass is 31.2. The van der Waals surface area contributed by atoms with Crippen LogP contribution in [0.3, 0.4) is 0 Å². The van der Waals surface area contributed by atoms with Crippen molar-refractivity contribution < 1.29 is 57.4 Å². The SMILES string of the molecule is CN(C)c1ccc2c(-c3cc(C(=O)NCCCCCCCCCCC(=O)OP(=O)(O)OC[C@H]4O[C@@H](n5cnc6c(N)ncnc65)[C@@H](O)C4O)ccc3C(=O)[O-])c3ccc(=[N+](C)C)cc-3oc2c1. The van der Waals surface area contributed by atoms with Gasteiger partial charge in [0.1, 0.15) is 55.6 Å². The van der Waals surface area contributed by atoms with Crippen molar-refractivity contribution in [2.75, 3.05) is 52.0 Å². The predicted octanol–water partition coefficient (Wildman–Crippen LogP) is 3.61. The number of carboxylic acids is 1. The lowest BCUT2D eigenvalue weighted by Crippen LogP contribution is -2.33. The van der Waals surface area contributed by atoms with E-state index in [0.717, 1.165) is 49.6 Å². The highest BCUT2D eigenvalue weighted by Crippen LogP contribution is 2.45. The van der Waals surface area contributed by atoms with Gasteiger partial charge in [-0.15, -0.1) is 0 Å². The molecule has 2 aliphatic heterocycles. The maximum absolute atomic E-state index is 13.4. The van der Waals surface area contributed by atoms with E-state index >= 15 is 0 Å². The van der Waals surface area contributed by atoms with E-state index in [4.69, 9.17) is 23.9 Å². The molecule has 21 heteroatoms. The monoisotopic (exact) mass is 942 g/mol. The first-order chi connectivity index (χ1) is 32.0. The van der Waals surface area contributed by atoms with Crippen LogP contribution in [0.1, 0.15) is 84.7 Å². The van der Waals surface area contributed by atoms with Crippen molar-refractivity contribution in [3.63, 3.8) is 0 Å². The van der Waals surface area contributed by atoms with E-state index in [1.165, 1.54) is 29.4 Å². The van der Waals surface area contributed by atoms with Crippen LogP contribution >= 0.6 is 7.82 Å². The smallest absolute Gasteiger partial charge is 0.529 e. The number of aromatic nitrogens is 4. The van der Waals surface area contributed by atoms with E-state index in [1.54, 1.807) is 6.07 Å². The summed E-state index contributed by atoms with van der Waals surface area (Å²) in [7, 11) is 2.83. The molecule has 20 nitrogen and oxygen atoms in total. The van der Waals surface area contributed by atoms with Crippen LogP contribution in [-0.2, 0) is 23.1 Å². The van der Waals surface area contributed by atoms with Gasteiger partial charge in [-0.05, 0) is 48.7 Å². The maximum atomic E-state index is 13.4. The number of nitrogens with one attached hydrogen (secondary N) is 1. The largest absolute Gasteiger partial charge is 0.545 e. The topological polar surface area (TPSA) is 281 Å². The third-order valence-corrected chi connectivity index (χ3v) is 12.6. The number of aliphatic hydroxyl groups is 2. The van der Waals surface area contributed by atoms with E-state index in [-0.39, 0.29) is 34.9 Å². The fourth-order valence-electron chi connectivity index (χ4n) is 8.06. The number of aliphatic hydroxyl groups excluding tert-OH is 2. The summed E-state index contributed by atoms with van der Waals surface area (Å²) in [6, 6.07) is 16.0. The van der Waals surface area contributed by atoms with Gasteiger partial charge in [-0.2, -0.15) is 0 Å². The first-order valence-corrected chi connectivity index (χ1v) is 23.5. The van der Waals surface area contributed by atoms with Crippen molar-refractivity contribution in [1.29, 1.82) is 0 Å². The Morgan fingerprint density at radius 3 is 2.37 bits per heavy atom. The maximum Gasteiger partial charge on any atom is 0.529 e. The summed E-state index contributed by atoms with van der Waals surface area (Å²) in [6.45, 7) is -0.231. The molecule has 2 unspecified atom stereocenters. The zero-order chi connectivity index (χ0) is 48.0. The molecular weight excluding hydrogens is 888 g/mol. The minimum Gasteiger partial charge on any atom is -0.545 e. The molecule has 1 amide bonds. The number of amides is 1. The van der Waals surface area contributed by atoms with Crippen LogP contribution in [0.5, 0.6) is 0 Å². The molecule has 67 heavy (non-hydrogen) atoms. The van der Waals surface area contributed by atoms with Crippen LogP contribution < -0.4 is 31.0 Å². The number of phosphoric ester groups is 1. The average molecular weight is 943 g/mol. The van der Waals surface area contributed by atoms with Gasteiger partial charge in [-0.3, -0.25) is 23.6 Å². The van der Waals surface area contributed by atoms with Gasteiger partial charge >= 0.3 is 13.8 Å². The Balaban J connectivity index is 0.823.